The summed E-state index contributed by atoms with van der Waals surface area (Å²) in [6.45, 7) is 2.25. The molecule has 0 aliphatic rings. The van der Waals surface area contributed by atoms with Gasteiger partial charge in [0.25, 0.3) is 0 Å². The summed E-state index contributed by atoms with van der Waals surface area (Å²) >= 11 is 1.60. The molecule has 4 N–H and O–H groups in total. The first-order chi connectivity index (χ1) is 15.5. The van der Waals surface area contributed by atoms with Crippen LogP contribution in [0.1, 0.15) is 87.5 Å². The van der Waals surface area contributed by atoms with Gasteiger partial charge in [0, 0.05) is 17.0 Å². The summed E-state index contributed by atoms with van der Waals surface area (Å²) in [7, 11) is 0. The van der Waals surface area contributed by atoms with Crippen LogP contribution in [0.15, 0.2) is 53.4 Å². The summed E-state index contributed by atoms with van der Waals surface area (Å²) in [5.74, 6) is -0.824. The molecule has 2 atom stereocenters. The Balaban J connectivity index is 1.96. The quantitative estimate of drug-likeness (QED) is 0.143. The van der Waals surface area contributed by atoms with Crippen LogP contribution >= 0.6 is 11.8 Å². The maximum atomic E-state index is 10.9. The van der Waals surface area contributed by atoms with Gasteiger partial charge in [-0.05, 0) is 61.1 Å². The highest BCUT2D eigenvalue weighted by Crippen LogP contribution is 2.39. The topological polar surface area (TPSA) is 83.5 Å². The van der Waals surface area contributed by atoms with E-state index < -0.39 is 12.1 Å². The van der Waals surface area contributed by atoms with E-state index in [1.54, 1.807) is 11.8 Å². The summed E-state index contributed by atoms with van der Waals surface area (Å²) in [5, 5.41) is 19.6. The molecule has 4 nitrogen and oxygen atoms in total. The predicted molar refractivity (Wildman–Crippen MR) is 135 cm³/mol. The number of carboxylic acid groups (broad SMARTS) is 1. The maximum Gasteiger partial charge on any atom is 0.303 e. The smallest absolute Gasteiger partial charge is 0.303 e. The number of hydrogen-bond acceptors (Lipinski definition) is 4. The number of nitrogen functional groups attached to an aromatic ring is 1. The Hall–Kier alpha value is -1.98. The van der Waals surface area contributed by atoms with E-state index >= 15 is 0 Å². The van der Waals surface area contributed by atoms with Gasteiger partial charge in [-0.25, -0.2) is 0 Å². The van der Waals surface area contributed by atoms with Crippen molar-refractivity contribution in [2.75, 3.05) is 5.73 Å². The molecule has 2 aromatic carbocycles. The van der Waals surface area contributed by atoms with E-state index in [1.165, 1.54) is 50.5 Å². The molecular formula is C27H39NO3S. The number of benzene rings is 2. The largest absolute Gasteiger partial charge is 0.481 e. The van der Waals surface area contributed by atoms with Crippen LogP contribution in [0, 0.1) is 0 Å². The average Bonchev–Trinajstić information content (AvgIpc) is 2.78. The molecule has 5 heteroatoms. The lowest BCUT2D eigenvalue weighted by molar-refractivity contribution is -0.137. The monoisotopic (exact) mass is 457 g/mol. The highest BCUT2D eigenvalue weighted by Gasteiger charge is 2.22. The van der Waals surface area contributed by atoms with E-state index in [-0.39, 0.29) is 11.7 Å². The van der Waals surface area contributed by atoms with Crippen LogP contribution in [0.4, 0.5) is 5.69 Å². The lowest BCUT2D eigenvalue weighted by atomic mass is 9.99. The van der Waals surface area contributed by atoms with Crippen molar-refractivity contribution in [2.24, 2.45) is 0 Å². The second-order valence-corrected chi connectivity index (χ2v) is 9.79. The van der Waals surface area contributed by atoms with Crippen LogP contribution < -0.4 is 5.73 Å². The molecule has 0 spiro atoms. The Kier molecular flexibility index (Phi) is 12.3. The summed E-state index contributed by atoms with van der Waals surface area (Å²) in [6.07, 6.45) is 10.6. The molecule has 0 saturated carbocycles. The van der Waals surface area contributed by atoms with E-state index in [0.29, 0.717) is 18.5 Å². The summed E-state index contributed by atoms with van der Waals surface area (Å²) in [6, 6.07) is 16.2. The zero-order chi connectivity index (χ0) is 23.2. The van der Waals surface area contributed by atoms with E-state index in [0.717, 1.165) is 16.9 Å². The number of hydrogen-bond donors (Lipinski definition) is 3. The highest BCUT2D eigenvalue weighted by atomic mass is 32.2. The zero-order valence-corrected chi connectivity index (χ0v) is 20.2. The van der Waals surface area contributed by atoms with Crippen LogP contribution in [-0.2, 0) is 11.2 Å². The van der Waals surface area contributed by atoms with Crippen LogP contribution in [0.5, 0.6) is 0 Å². The Labute approximate surface area is 197 Å². The number of aliphatic carboxylic acids is 1. The molecule has 0 aliphatic carbocycles. The van der Waals surface area contributed by atoms with Crippen molar-refractivity contribution < 1.29 is 15.0 Å². The summed E-state index contributed by atoms with van der Waals surface area (Å²) < 4.78 is 0. The molecule has 2 rings (SSSR count). The molecule has 0 bridgehead atoms. The van der Waals surface area contributed by atoms with E-state index in [4.69, 9.17) is 10.8 Å². The van der Waals surface area contributed by atoms with Gasteiger partial charge >= 0.3 is 5.97 Å². The number of unbranched alkanes of at least 4 members (excludes halogenated alkanes) is 6. The minimum absolute atomic E-state index is 0.0771. The average molecular weight is 458 g/mol. The number of nitrogens with two attached hydrogens (primary N) is 1. The molecular weight excluding hydrogens is 418 g/mol. The second kappa shape index (κ2) is 15.0. The first-order valence-electron chi connectivity index (χ1n) is 12.0. The fourth-order valence-corrected chi connectivity index (χ4v) is 5.01. The lowest BCUT2D eigenvalue weighted by Crippen LogP contribution is -2.16. The molecule has 0 fully saturated rings. The van der Waals surface area contributed by atoms with Gasteiger partial charge in [-0.3, -0.25) is 4.79 Å². The van der Waals surface area contributed by atoms with E-state index in [9.17, 15) is 9.90 Å². The molecule has 0 saturated heterocycles. The number of anilines is 1. The SMILES string of the molecule is CCCCCCCCCc1ccc(C(Sc2ccc(N)cc2)C(O)CCCC(=O)O)cc1. The molecule has 0 amide bonds. The predicted octanol–water partition coefficient (Wildman–Crippen LogP) is 7.01. The van der Waals surface area contributed by atoms with Crippen LogP contribution in [0.3, 0.4) is 0 Å². The number of aryl methyl sites for hydroxylation is 1. The van der Waals surface area contributed by atoms with Gasteiger partial charge in [0.1, 0.15) is 0 Å². The Morgan fingerprint density at radius 1 is 0.906 bits per heavy atom. The lowest BCUT2D eigenvalue weighted by Gasteiger charge is -2.23. The Morgan fingerprint density at radius 3 is 2.16 bits per heavy atom. The fraction of sp³-hybridized carbons (Fsp3) is 0.519. The van der Waals surface area contributed by atoms with Crippen molar-refractivity contribution in [1.82, 2.24) is 0 Å². The number of rotatable bonds is 16. The van der Waals surface area contributed by atoms with Crippen molar-refractivity contribution in [3.8, 4) is 0 Å². The third kappa shape index (κ3) is 10.1. The summed E-state index contributed by atoms with van der Waals surface area (Å²) in [4.78, 5) is 11.9. The van der Waals surface area contributed by atoms with Crippen molar-refractivity contribution in [2.45, 2.75) is 93.8 Å². The zero-order valence-electron chi connectivity index (χ0n) is 19.3. The van der Waals surface area contributed by atoms with Gasteiger partial charge < -0.3 is 15.9 Å². The van der Waals surface area contributed by atoms with Crippen molar-refractivity contribution in [3.05, 3.63) is 59.7 Å². The third-order valence-corrected chi connectivity index (χ3v) is 7.15. The van der Waals surface area contributed by atoms with Gasteiger partial charge in [0.2, 0.25) is 0 Å². The number of aliphatic hydroxyl groups is 1. The molecule has 2 aromatic rings. The third-order valence-electron chi connectivity index (χ3n) is 5.76. The van der Waals surface area contributed by atoms with Crippen molar-refractivity contribution in [1.29, 1.82) is 0 Å². The van der Waals surface area contributed by atoms with Gasteiger partial charge in [-0.1, -0.05) is 69.7 Å². The molecule has 176 valence electrons. The van der Waals surface area contributed by atoms with Gasteiger partial charge in [0.05, 0.1) is 11.4 Å². The molecule has 0 radical (unpaired) electrons. The van der Waals surface area contributed by atoms with E-state index in [1.807, 2.05) is 24.3 Å². The van der Waals surface area contributed by atoms with Crippen molar-refractivity contribution in [3.63, 3.8) is 0 Å². The fourth-order valence-electron chi connectivity index (χ4n) is 3.84. The van der Waals surface area contributed by atoms with Crippen LogP contribution in [0.2, 0.25) is 0 Å². The van der Waals surface area contributed by atoms with Crippen molar-refractivity contribution >= 4 is 23.4 Å². The van der Waals surface area contributed by atoms with Crippen LogP contribution in [0.25, 0.3) is 0 Å². The van der Waals surface area contributed by atoms with Gasteiger partial charge in [-0.2, -0.15) is 0 Å². The van der Waals surface area contributed by atoms with Gasteiger partial charge in [-0.15, -0.1) is 11.8 Å². The highest BCUT2D eigenvalue weighted by molar-refractivity contribution is 7.99. The second-order valence-electron chi connectivity index (χ2n) is 8.57. The molecule has 2 unspecified atom stereocenters. The number of carbonyl (C=O) groups is 1. The minimum Gasteiger partial charge on any atom is -0.481 e. The van der Waals surface area contributed by atoms with E-state index in [2.05, 4.69) is 31.2 Å². The first-order valence-corrected chi connectivity index (χ1v) is 12.9. The van der Waals surface area contributed by atoms with Crippen LogP contribution in [-0.4, -0.2) is 22.3 Å². The standard InChI is InChI=1S/C27H39NO3S/c1-2-3-4-5-6-7-8-10-21-13-15-22(16-14-21)27(25(29)11-9-12-26(30)31)32-24-19-17-23(28)18-20-24/h13-20,25,27,29H,2-12,28H2,1H3,(H,30,31). The Morgan fingerprint density at radius 2 is 1.53 bits per heavy atom. The number of aliphatic hydroxyl groups excluding tert-OH is 1. The Bertz CT molecular complexity index is 776. The minimum atomic E-state index is -0.824. The molecule has 0 heterocycles. The van der Waals surface area contributed by atoms with Gasteiger partial charge in [0.15, 0.2) is 0 Å². The number of carboxylic acids is 1. The first kappa shape index (κ1) is 26.3. The molecule has 0 aliphatic heterocycles. The molecule has 0 aromatic heterocycles. The maximum absolute atomic E-state index is 10.9. The normalized spacial score (nSPS) is 13.1. The molecule has 32 heavy (non-hydrogen) atoms. The number of thioether (sulfide) groups is 1. The summed E-state index contributed by atoms with van der Waals surface area (Å²) in [5.41, 5.74) is 8.92.